The molecular weight excluding hydrogens is 278 g/mol. The Morgan fingerprint density at radius 2 is 1.89 bits per heavy atom. The van der Waals surface area contributed by atoms with E-state index in [-0.39, 0.29) is 17.1 Å². The highest BCUT2D eigenvalue weighted by molar-refractivity contribution is 7.91. The first-order valence-electron chi connectivity index (χ1n) is 5.37. The molecule has 1 fully saturated rings. The van der Waals surface area contributed by atoms with Gasteiger partial charge in [-0.1, -0.05) is 11.6 Å². The number of benzene rings is 1. The molecule has 0 aromatic heterocycles. The molecule has 0 atom stereocenters. The molecule has 1 aromatic rings. The number of carboxylic acids is 1. The van der Waals surface area contributed by atoms with Crippen LogP contribution < -0.4 is 4.90 Å². The molecule has 0 aliphatic carbocycles. The number of hydrogen-bond acceptors (Lipinski definition) is 4. The maximum atomic E-state index is 11.3. The third-order valence-electron chi connectivity index (χ3n) is 2.88. The molecule has 0 unspecified atom stereocenters. The first kappa shape index (κ1) is 13.2. The second-order valence-electron chi connectivity index (χ2n) is 4.11. The highest BCUT2D eigenvalue weighted by Gasteiger charge is 2.23. The lowest BCUT2D eigenvalue weighted by Gasteiger charge is -2.29. The molecule has 1 saturated heterocycles. The average molecular weight is 290 g/mol. The number of anilines is 1. The molecule has 0 amide bonds. The third-order valence-corrected chi connectivity index (χ3v) is 4.79. The molecule has 1 aromatic carbocycles. The van der Waals surface area contributed by atoms with Crippen LogP contribution in [-0.2, 0) is 9.84 Å². The highest BCUT2D eigenvalue weighted by atomic mass is 35.5. The molecule has 0 radical (unpaired) electrons. The normalized spacial score (nSPS) is 18.6. The second kappa shape index (κ2) is 4.78. The Morgan fingerprint density at radius 3 is 2.39 bits per heavy atom. The summed E-state index contributed by atoms with van der Waals surface area (Å²) in [5, 5.41) is 9.16. The van der Waals surface area contributed by atoms with E-state index in [9.17, 15) is 13.2 Å². The largest absolute Gasteiger partial charge is 0.478 e. The lowest BCUT2D eigenvalue weighted by Crippen LogP contribution is -2.40. The van der Waals surface area contributed by atoms with E-state index in [0.717, 1.165) is 0 Å². The number of rotatable bonds is 2. The van der Waals surface area contributed by atoms with Gasteiger partial charge in [-0.2, -0.15) is 0 Å². The van der Waals surface area contributed by atoms with Gasteiger partial charge in [-0.15, -0.1) is 0 Å². The van der Waals surface area contributed by atoms with Crippen LogP contribution >= 0.6 is 11.6 Å². The number of halogens is 1. The van der Waals surface area contributed by atoms with Gasteiger partial charge in [0.25, 0.3) is 0 Å². The topological polar surface area (TPSA) is 74.7 Å². The summed E-state index contributed by atoms with van der Waals surface area (Å²) in [5.74, 6) is -0.835. The van der Waals surface area contributed by atoms with Crippen molar-refractivity contribution in [2.75, 3.05) is 29.5 Å². The van der Waals surface area contributed by atoms with Crippen molar-refractivity contribution in [2.24, 2.45) is 0 Å². The van der Waals surface area contributed by atoms with Gasteiger partial charge in [0.15, 0.2) is 9.84 Å². The van der Waals surface area contributed by atoms with Crippen molar-refractivity contribution < 1.29 is 18.3 Å². The van der Waals surface area contributed by atoms with Crippen molar-refractivity contribution in [3.8, 4) is 0 Å². The summed E-state index contributed by atoms with van der Waals surface area (Å²) in [6, 6.07) is 4.46. The molecule has 0 saturated carbocycles. The van der Waals surface area contributed by atoms with Crippen molar-refractivity contribution in [2.45, 2.75) is 0 Å². The Morgan fingerprint density at radius 1 is 1.28 bits per heavy atom. The lowest BCUT2D eigenvalue weighted by atomic mass is 10.2. The van der Waals surface area contributed by atoms with Gasteiger partial charge in [0.2, 0.25) is 0 Å². The van der Waals surface area contributed by atoms with Crippen LogP contribution in [0.4, 0.5) is 5.69 Å². The van der Waals surface area contributed by atoms with Crippen molar-refractivity contribution in [3.63, 3.8) is 0 Å². The van der Waals surface area contributed by atoms with E-state index in [1.54, 1.807) is 6.07 Å². The van der Waals surface area contributed by atoms with Crippen molar-refractivity contribution >= 4 is 33.1 Å². The Bertz CT molecular complexity index is 571. The summed E-state index contributed by atoms with van der Waals surface area (Å²) in [7, 11) is -2.94. The minimum absolute atomic E-state index is 0.101. The fourth-order valence-electron chi connectivity index (χ4n) is 1.85. The third kappa shape index (κ3) is 2.76. The summed E-state index contributed by atoms with van der Waals surface area (Å²) in [4.78, 5) is 12.6. The van der Waals surface area contributed by atoms with Gasteiger partial charge in [0.05, 0.1) is 27.8 Å². The summed E-state index contributed by atoms with van der Waals surface area (Å²) in [6.07, 6.45) is 0. The van der Waals surface area contributed by atoms with Crippen LogP contribution in [0.1, 0.15) is 10.4 Å². The minimum Gasteiger partial charge on any atom is -0.478 e. The molecule has 1 aliphatic rings. The van der Waals surface area contributed by atoms with Crippen LogP contribution in [0.25, 0.3) is 0 Å². The predicted octanol–water partition coefficient (Wildman–Crippen LogP) is 1.27. The smallest absolute Gasteiger partial charge is 0.335 e. The molecule has 1 N–H and O–H groups in total. The Kier molecular flexibility index (Phi) is 3.49. The number of nitrogens with zero attached hydrogens (tertiary/aromatic N) is 1. The van der Waals surface area contributed by atoms with Crippen molar-refractivity contribution in [1.82, 2.24) is 0 Å². The first-order valence-corrected chi connectivity index (χ1v) is 7.57. The van der Waals surface area contributed by atoms with Crippen LogP contribution in [0.2, 0.25) is 5.02 Å². The number of aromatic carboxylic acids is 1. The van der Waals surface area contributed by atoms with E-state index in [1.165, 1.54) is 12.1 Å². The van der Waals surface area contributed by atoms with E-state index in [2.05, 4.69) is 0 Å². The lowest BCUT2D eigenvalue weighted by molar-refractivity contribution is 0.0697. The van der Waals surface area contributed by atoms with Crippen LogP contribution in [0.5, 0.6) is 0 Å². The van der Waals surface area contributed by atoms with Crippen LogP contribution in [0.15, 0.2) is 18.2 Å². The Labute approximate surface area is 110 Å². The summed E-state index contributed by atoms with van der Waals surface area (Å²) in [5.41, 5.74) is 0.796. The molecule has 2 rings (SSSR count). The summed E-state index contributed by atoms with van der Waals surface area (Å²) >= 11 is 6.02. The molecule has 0 bridgehead atoms. The number of carbonyl (C=O) groups is 1. The molecule has 5 nitrogen and oxygen atoms in total. The van der Waals surface area contributed by atoms with Gasteiger partial charge in [-0.3, -0.25) is 0 Å². The Hall–Kier alpha value is -1.27. The molecule has 7 heteroatoms. The fourth-order valence-corrected chi connectivity index (χ4v) is 3.35. The Balaban J connectivity index is 2.22. The van der Waals surface area contributed by atoms with E-state index in [0.29, 0.717) is 23.8 Å². The molecule has 18 heavy (non-hydrogen) atoms. The average Bonchev–Trinajstić information content (AvgIpc) is 2.29. The standard InChI is InChI=1S/C11H12ClNO4S/c12-9-7-8(11(14)15)1-2-10(9)13-3-5-18(16,17)6-4-13/h1-2,7H,3-6H2,(H,14,15). The van der Waals surface area contributed by atoms with Crippen LogP contribution in [0, 0.1) is 0 Å². The fraction of sp³-hybridized carbons (Fsp3) is 0.364. The van der Waals surface area contributed by atoms with E-state index >= 15 is 0 Å². The second-order valence-corrected chi connectivity index (χ2v) is 6.82. The van der Waals surface area contributed by atoms with Gasteiger partial charge in [-0.05, 0) is 18.2 Å². The van der Waals surface area contributed by atoms with Gasteiger partial charge in [0, 0.05) is 13.1 Å². The monoisotopic (exact) mass is 289 g/mol. The maximum absolute atomic E-state index is 11.3. The van der Waals surface area contributed by atoms with Gasteiger partial charge < -0.3 is 10.0 Å². The zero-order valence-corrected chi connectivity index (χ0v) is 11.0. The SMILES string of the molecule is O=C(O)c1ccc(N2CCS(=O)(=O)CC2)c(Cl)c1. The minimum atomic E-state index is -2.94. The molecule has 0 spiro atoms. The zero-order valence-electron chi connectivity index (χ0n) is 9.47. The van der Waals surface area contributed by atoms with Gasteiger partial charge in [-0.25, -0.2) is 13.2 Å². The predicted molar refractivity (Wildman–Crippen MR) is 69.3 cm³/mol. The van der Waals surface area contributed by atoms with E-state index in [4.69, 9.17) is 16.7 Å². The van der Waals surface area contributed by atoms with Crippen molar-refractivity contribution in [3.05, 3.63) is 28.8 Å². The van der Waals surface area contributed by atoms with Gasteiger partial charge in [0.1, 0.15) is 0 Å². The molecule has 1 aliphatic heterocycles. The van der Waals surface area contributed by atoms with Crippen molar-refractivity contribution in [1.29, 1.82) is 0 Å². The molecule has 98 valence electrons. The quantitative estimate of drug-likeness (QED) is 0.887. The van der Waals surface area contributed by atoms with Crippen LogP contribution in [0.3, 0.4) is 0 Å². The highest BCUT2D eigenvalue weighted by Crippen LogP contribution is 2.28. The number of carboxylic acid groups (broad SMARTS) is 1. The number of sulfone groups is 1. The first-order chi connectivity index (χ1) is 8.39. The van der Waals surface area contributed by atoms with Crippen LogP contribution in [-0.4, -0.2) is 44.1 Å². The van der Waals surface area contributed by atoms with E-state index < -0.39 is 15.8 Å². The maximum Gasteiger partial charge on any atom is 0.335 e. The summed E-state index contributed by atoms with van der Waals surface area (Å²) in [6.45, 7) is 0.767. The zero-order chi connectivity index (χ0) is 13.3. The molecule has 1 heterocycles. The van der Waals surface area contributed by atoms with E-state index in [1.807, 2.05) is 4.90 Å². The number of hydrogen-bond donors (Lipinski definition) is 1. The summed E-state index contributed by atoms with van der Waals surface area (Å²) < 4.78 is 22.6. The molecular formula is C11H12ClNO4S. The van der Waals surface area contributed by atoms with Gasteiger partial charge >= 0.3 is 5.97 Å².